The van der Waals surface area contributed by atoms with Crippen molar-refractivity contribution in [3.63, 3.8) is 0 Å². The highest BCUT2D eigenvalue weighted by molar-refractivity contribution is 6.30. The minimum Gasteiger partial charge on any atom is -0.338 e. The fraction of sp³-hybridized carbons (Fsp3) is 0.556. The van der Waals surface area contributed by atoms with Crippen LogP contribution in [-0.2, 0) is 16.1 Å². The van der Waals surface area contributed by atoms with Gasteiger partial charge in [-0.15, -0.1) is 0 Å². The van der Waals surface area contributed by atoms with Crippen LogP contribution in [0.5, 0.6) is 0 Å². The number of likely N-dealkylation sites (tertiary alicyclic amines) is 1. The SMILES string of the molecule is CCC1CCCCN1C(=O)CN(Cc1ccc(Cl)cc1)C(C)=O. The zero-order valence-electron chi connectivity index (χ0n) is 13.9. The lowest BCUT2D eigenvalue weighted by Gasteiger charge is -2.36. The molecule has 1 heterocycles. The van der Waals surface area contributed by atoms with Crippen LogP contribution in [0.25, 0.3) is 0 Å². The van der Waals surface area contributed by atoms with E-state index in [1.54, 1.807) is 17.0 Å². The van der Waals surface area contributed by atoms with Gasteiger partial charge in [0.05, 0.1) is 0 Å². The maximum atomic E-state index is 12.6. The van der Waals surface area contributed by atoms with Gasteiger partial charge in [0, 0.05) is 31.1 Å². The molecule has 1 unspecified atom stereocenters. The first kappa shape index (κ1) is 17.8. The molecule has 0 radical (unpaired) electrons. The van der Waals surface area contributed by atoms with E-state index in [9.17, 15) is 9.59 Å². The highest BCUT2D eigenvalue weighted by Crippen LogP contribution is 2.20. The molecule has 4 nitrogen and oxygen atoms in total. The van der Waals surface area contributed by atoms with Gasteiger partial charge >= 0.3 is 0 Å². The lowest BCUT2D eigenvalue weighted by atomic mass is 10.00. The van der Waals surface area contributed by atoms with Crippen molar-refractivity contribution in [1.29, 1.82) is 0 Å². The van der Waals surface area contributed by atoms with Crippen molar-refractivity contribution >= 4 is 23.4 Å². The maximum Gasteiger partial charge on any atom is 0.242 e. The number of carbonyl (C=O) groups is 2. The Kier molecular flexibility index (Phi) is 6.46. The molecule has 1 aliphatic heterocycles. The number of hydrogen-bond acceptors (Lipinski definition) is 2. The molecule has 0 aliphatic carbocycles. The lowest BCUT2D eigenvalue weighted by Crippen LogP contribution is -2.48. The van der Waals surface area contributed by atoms with Gasteiger partial charge in [-0.05, 0) is 43.4 Å². The van der Waals surface area contributed by atoms with E-state index in [0.717, 1.165) is 31.4 Å². The Hall–Kier alpha value is -1.55. The number of rotatable bonds is 5. The fourth-order valence-electron chi connectivity index (χ4n) is 3.10. The van der Waals surface area contributed by atoms with Crippen LogP contribution in [0.1, 0.15) is 45.1 Å². The maximum absolute atomic E-state index is 12.6. The average Bonchev–Trinajstić information content (AvgIpc) is 2.55. The third-order valence-electron chi connectivity index (χ3n) is 4.48. The van der Waals surface area contributed by atoms with Crippen LogP contribution in [0.4, 0.5) is 0 Å². The number of carbonyl (C=O) groups excluding carboxylic acids is 2. The van der Waals surface area contributed by atoms with E-state index in [0.29, 0.717) is 17.6 Å². The summed E-state index contributed by atoms with van der Waals surface area (Å²) < 4.78 is 0. The third kappa shape index (κ3) is 4.96. The molecule has 1 aliphatic rings. The summed E-state index contributed by atoms with van der Waals surface area (Å²) in [6.07, 6.45) is 4.28. The smallest absolute Gasteiger partial charge is 0.242 e. The largest absolute Gasteiger partial charge is 0.338 e. The number of nitrogens with zero attached hydrogens (tertiary/aromatic N) is 2. The molecule has 0 spiro atoms. The Balaban J connectivity index is 2.02. The molecule has 1 aromatic rings. The molecule has 2 amide bonds. The van der Waals surface area contributed by atoms with Gasteiger partial charge in [0.25, 0.3) is 0 Å². The summed E-state index contributed by atoms with van der Waals surface area (Å²) in [5.41, 5.74) is 0.975. The first-order valence-electron chi connectivity index (χ1n) is 8.30. The summed E-state index contributed by atoms with van der Waals surface area (Å²) in [5.74, 6) is -0.0286. The summed E-state index contributed by atoms with van der Waals surface area (Å²) in [4.78, 5) is 28.1. The number of benzene rings is 1. The number of amides is 2. The Bertz CT molecular complexity index is 544. The first-order valence-corrected chi connectivity index (χ1v) is 8.68. The van der Waals surface area contributed by atoms with E-state index in [1.807, 2.05) is 17.0 Å². The third-order valence-corrected chi connectivity index (χ3v) is 4.73. The second-order valence-electron chi connectivity index (χ2n) is 6.15. The zero-order valence-corrected chi connectivity index (χ0v) is 14.7. The van der Waals surface area contributed by atoms with Crippen LogP contribution >= 0.6 is 11.6 Å². The van der Waals surface area contributed by atoms with E-state index in [1.165, 1.54) is 13.3 Å². The zero-order chi connectivity index (χ0) is 16.8. The number of piperidine rings is 1. The van der Waals surface area contributed by atoms with Gasteiger partial charge in [0.2, 0.25) is 11.8 Å². The van der Waals surface area contributed by atoms with Gasteiger partial charge < -0.3 is 9.80 Å². The molecule has 1 atom stereocenters. The van der Waals surface area contributed by atoms with E-state index >= 15 is 0 Å². The topological polar surface area (TPSA) is 40.6 Å². The molecule has 0 saturated carbocycles. The minimum atomic E-state index is -0.0849. The molecule has 1 fully saturated rings. The highest BCUT2D eigenvalue weighted by Gasteiger charge is 2.27. The van der Waals surface area contributed by atoms with Gasteiger partial charge in [0.1, 0.15) is 6.54 Å². The Morgan fingerprint density at radius 3 is 2.57 bits per heavy atom. The van der Waals surface area contributed by atoms with Crippen molar-refractivity contribution in [2.45, 2.75) is 52.1 Å². The van der Waals surface area contributed by atoms with Crippen molar-refractivity contribution in [3.05, 3.63) is 34.9 Å². The molecular formula is C18H25ClN2O2. The first-order chi connectivity index (χ1) is 11.0. The summed E-state index contributed by atoms with van der Waals surface area (Å²) in [7, 11) is 0. The van der Waals surface area contributed by atoms with Gasteiger partial charge in [-0.25, -0.2) is 0 Å². The molecule has 1 saturated heterocycles. The van der Waals surface area contributed by atoms with Gasteiger partial charge in [-0.1, -0.05) is 30.7 Å². The van der Waals surface area contributed by atoms with Crippen molar-refractivity contribution in [1.82, 2.24) is 9.80 Å². The Labute approximate surface area is 143 Å². The van der Waals surface area contributed by atoms with E-state index < -0.39 is 0 Å². The standard InChI is InChI=1S/C18H25ClN2O2/c1-3-17-6-4-5-11-21(17)18(23)13-20(14(2)22)12-15-7-9-16(19)10-8-15/h7-10,17H,3-6,11-13H2,1-2H3. The quantitative estimate of drug-likeness (QED) is 0.826. The van der Waals surface area contributed by atoms with Crippen molar-refractivity contribution in [2.24, 2.45) is 0 Å². The normalized spacial score (nSPS) is 17.9. The van der Waals surface area contributed by atoms with E-state index in [2.05, 4.69) is 6.92 Å². The molecule has 5 heteroatoms. The van der Waals surface area contributed by atoms with Crippen molar-refractivity contribution < 1.29 is 9.59 Å². The molecular weight excluding hydrogens is 312 g/mol. The molecule has 0 bridgehead atoms. The second kappa shape index (κ2) is 8.34. The van der Waals surface area contributed by atoms with E-state index in [4.69, 9.17) is 11.6 Å². The predicted octanol–water partition coefficient (Wildman–Crippen LogP) is 3.48. The summed E-state index contributed by atoms with van der Waals surface area (Å²) in [6, 6.07) is 7.70. The fourth-order valence-corrected chi connectivity index (χ4v) is 3.22. The summed E-state index contributed by atoms with van der Waals surface area (Å²) in [6.45, 7) is 5.02. The molecule has 2 rings (SSSR count). The molecule has 1 aromatic carbocycles. The monoisotopic (exact) mass is 336 g/mol. The summed E-state index contributed by atoms with van der Waals surface area (Å²) in [5, 5.41) is 0.665. The van der Waals surface area contributed by atoms with Crippen LogP contribution in [0.15, 0.2) is 24.3 Å². The molecule has 0 aromatic heterocycles. The number of halogens is 1. The van der Waals surface area contributed by atoms with E-state index in [-0.39, 0.29) is 18.4 Å². The predicted molar refractivity (Wildman–Crippen MR) is 92.2 cm³/mol. The number of hydrogen-bond donors (Lipinski definition) is 0. The van der Waals surface area contributed by atoms with Crippen molar-refractivity contribution in [3.8, 4) is 0 Å². The van der Waals surface area contributed by atoms with Crippen molar-refractivity contribution in [2.75, 3.05) is 13.1 Å². The van der Waals surface area contributed by atoms with Crippen LogP contribution in [0.3, 0.4) is 0 Å². The molecule has 0 N–H and O–H groups in total. The van der Waals surface area contributed by atoms with Crippen LogP contribution in [-0.4, -0.2) is 40.7 Å². The lowest BCUT2D eigenvalue weighted by molar-refractivity contribution is -0.142. The van der Waals surface area contributed by atoms with Gasteiger partial charge in [-0.3, -0.25) is 9.59 Å². The molecule has 126 valence electrons. The van der Waals surface area contributed by atoms with Crippen LogP contribution in [0.2, 0.25) is 5.02 Å². The van der Waals surface area contributed by atoms with Gasteiger partial charge in [0.15, 0.2) is 0 Å². The highest BCUT2D eigenvalue weighted by atomic mass is 35.5. The minimum absolute atomic E-state index is 0.0562. The Morgan fingerprint density at radius 1 is 1.26 bits per heavy atom. The molecule has 23 heavy (non-hydrogen) atoms. The summed E-state index contributed by atoms with van der Waals surface area (Å²) >= 11 is 5.89. The average molecular weight is 337 g/mol. The second-order valence-corrected chi connectivity index (χ2v) is 6.58. The van der Waals surface area contributed by atoms with Crippen LogP contribution in [0, 0.1) is 0 Å². The van der Waals surface area contributed by atoms with Gasteiger partial charge in [-0.2, -0.15) is 0 Å². The Morgan fingerprint density at radius 2 is 1.96 bits per heavy atom. The van der Waals surface area contributed by atoms with Crippen LogP contribution < -0.4 is 0 Å².